The van der Waals surface area contributed by atoms with E-state index in [4.69, 9.17) is 0 Å². The second-order valence-corrected chi connectivity index (χ2v) is 11.1. The van der Waals surface area contributed by atoms with Crippen LogP contribution in [0.25, 0.3) is 11.1 Å². The van der Waals surface area contributed by atoms with Gasteiger partial charge in [0.2, 0.25) is 0 Å². The molecule has 3 rings (SSSR count). The highest BCUT2D eigenvalue weighted by molar-refractivity contribution is 14.1. The highest BCUT2D eigenvalue weighted by atomic mass is 127. The fraction of sp³-hybridized carbons (Fsp3) is 0.600. The zero-order valence-corrected chi connectivity index (χ0v) is 22.4. The fourth-order valence-corrected chi connectivity index (χ4v) is 6.15. The molecule has 0 aromatic heterocycles. The van der Waals surface area contributed by atoms with E-state index in [1.807, 2.05) is 0 Å². The largest absolute Gasteiger partial charge is 0.0654 e. The van der Waals surface area contributed by atoms with Crippen LogP contribution in [0.4, 0.5) is 0 Å². The smallest absolute Gasteiger partial charge is 0.0215 e. The molecular weight excluding hydrogens is 487 g/mol. The van der Waals surface area contributed by atoms with Crippen LogP contribution < -0.4 is 0 Å². The Bertz CT molecular complexity index is 750. The summed E-state index contributed by atoms with van der Waals surface area (Å²) in [4.78, 5) is 0. The van der Waals surface area contributed by atoms with Gasteiger partial charge in [-0.15, -0.1) is 0 Å². The van der Waals surface area contributed by atoms with Crippen LogP contribution in [0.15, 0.2) is 36.4 Å². The van der Waals surface area contributed by atoms with Crippen LogP contribution in [0, 0.1) is 10.5 Å². The summed E-state index contributed by atoms with van der Waals surface area (Å²) in [6, 6.07) is 14.5. The molecule has 0 saturated carbocycles. The molecule has 2 aromatic carbocycles. The summed E-state index contributed by atoms with van der Waals surface area (Å²) < 4.78 is 1.39. The fourth-order valence-electron chi connectivity index (χ4n) is 5.66. The monoisotopic (exact) mass is 530 g/mol. The van der Waals surface area contributed by atoms with Gasteiger partial charge in [-0.2, -0.15) is 0 Å². The van der Waals surface area contributed by atoms with Crippen molar-refractivity contribution in [2.75, 3.05) is 0 Å². The minimum atomic E-state index is 0.230. The van der Waals surface area contributed by atoms with Crippen molar-refractivity contribution in [3.05, 3.63) is 56.7 Å². The molecule has 1 aliphatic carbocycles. The molecule has 0 unspecified atom stereocenters. The quantitative estimate of drug-likeness (QED) is 0.168. The number of aryl methyl sites for hydroxylation is 1. The molecule has 0 bridgehead atoms. The van der Waals surface area contributed by atoms with Crippen molar-refractivity contribution in [2.24, 2.45) is 0 Å². The SMILES string of the molecule is CCCCCCCCC1(CCCCCCCC)c2cc(C)ccc2-c2ccc(I)cc21. The van der Waals surface area contributed by atoms with Gasteiger partial charge in [-0.25, -0.2) is 0 Å². The summed E-state index contributed by atoms with van der Waals surface area (Å²) in [5.41, 5.74) is 7.92. The second-order valence-electron chi connectivity index (χ2n) is 9.86. The Morgan fingerprint density at radius 3 is 1.68 bits per heavy atom. The summed E-state index contributed by atoms with van der Waals surface area (Å²) in [6.07, 6.45) is 19.2. The Morgan fingerprint density at radius 2 is 1.10 bits per heavy atom. The van der Waals surface area contributed by atoms with Crippen molar-refractivity contribution >= 4 is 22.6 Å². The molecule has 0 N–H and O–H groups in total. The predicted molar refractivity (Wildman–Crippen MR) is 146 cm³/mol. The van der Waals surface area contributed by atoms with Crippen LogP contribution in [-0.2, 0) is 5.41 Å². The lowest BCUT2D eigenvalue weighted by atomic mass is 9.70. The summed E-state index contributed by atoms with van der Waals surface area (Å²) in [5.74, 6) is 0. The molecule has 0 fully saturated rings. The Balaban J connectivity index is 1.85. The molecule has 0 aliphatic heterocycles. The Hall–Kier alpha value is -0.830. The second kappa shape index (κ2) is 12.4. The molecule has 31 heavy (non-hydrogen) atoms. The van der Waals surface area contributed by atoms with Crippen LogP contribution in [0.5, 0.6) is 0 Å². The van der Waals surface area contributed by atoms with Gasteiger partial charge >= 0.3 is 0 Å². The number of hydrogen-bond acceptors (Lipinski definition) is 0. The Labute approximate surface area is 205 Å². The summed E-state index contributed by atoms with van der Waals surface area (Å²) >= 11 is 2.52. The van der Waals surface area contributed by atoms with Gasteiger partial charge in [0.25, 0.3) is 0 Å². The highest BCUT2D eigenvalue weighted by Gasteiger charge is 2.42. The third-order valence-corrected chi connectivity index (χ3v) is 8.06. The number of rotatable bonds is 14. The zero-order chi connectivity index (χ0) is 22.1. The van der Waals surface area contributed by atoms with Gasteiger partial charge in [-0.1, -0.05) is 121 Å². The average Bonchev–Trinajstić information content (AvgIpc) is 3.02. The lowest BCUT2D eigenvalue weighted by molar-refractivity contribution is 0.397. The van der Waals surface area contributed by atoms with Crippen LogP contribution >= 0.6 is 22.6 Å². The van der Waals surface area contributed by atoms with Gasteiger partial charge in [-0.05, 0) is 76.7 Å². The predicted octanol–water partition coefficient (Wildman–Crippen LogP) is 10.4. The molecule has 0 spiro atoms. The van der Waals surface area contributed by atoms with Crippen molar-refractivity contribution < 1.29 is 0 Å². The van der Waals surface area contributed by atoms with E-state index in [9.17, 15) is 0 Å². The number of fused-ring (bicyclic) bond motifs is 3. The minimum Gasteiger partial charge on any atom is -0.0654 e. The van der Waals surface area contributed by atoms with Crippen LogP contribution in [-0.4, -0.2) is 0 Å². The standard InChI is InChI=1S/C30H43I/c1-4-6-8-10-12-14-20-30(21-15-13-11-9-7-5-2)28-22-24(3)16-18-26(28)27-19-17-25(31)23-29(27)30/h16-19,22-23H,4-15,20-21H2,1-3H3. The van der Waals surface area contributed by atoms with Gasteiger partial charge < -0.3 is 0 Å². The van der Waals surface area contributed by atoms with E-state index in [1.165, 1.54) is 110 Å². The first-order valence-corrected chi connectivity index (χ1v) is 14.1. The van der Waals surface area contributed by atoms with E-state index in [0.29, 0.717) is 0 Å². The van der Waals surface area contributed by atoms with E-state index >= 15 is 0 Å². The number of unbranched alkanes of at least 4 members (excludes halogenated alkanes) is 10. The molecule has 0 heterocycles. The van der Waals surface area contributed by atoms with Gasteiger partial charge in [0, 0.05) is 8.99 Å². The van der Waals surface area contributed by atoms with E-state index in [-0.39, 0.29) is 5.41 Å². The third-order valence-electron chi connectivity index (χ3n) is 7.39. The molecule has 1 aliphatic rings. The van der Waals surface area contributed by atoms with Gasteiger partial charge in [0.05, 0.1) is 0 Å². The zero-order valence-electron chi connectivity index (χ0n) is 20.2. The van der Waals surface area contributed by atoms with Crippen LogP contribution in [0.3, 0.4) is 0 Å². The first kappa shape index (κ1) is 24.8. The summed E-state index contributed by atoms with van der Waals surface area (Å²) in [5, 5.41) is 0. The molecule has 2 aromatic rings. The maximum absolute atomic E-state index is 2.52. The number of hydrogen-bond donors (Lipinski definition) is 0. The van der Waals surface area contributed by atoms with E-state index in [1.54, 1.807) is 11.1 Å². The molecule has 1 heteroatoms. The van der Waals surface area contributed by atoms with E-state index in [0.717, 1.165) is 0 Å². The first-order valence-electron chi connectivity index (χ1n) is 13.0. The lowest BCUT2D eigenvalue weighted by Crippen LogP contribution is -2.25. The minimum absolute atomic E-state index is 0.230. The number of halogens is 1. The number of benzene rings is 2. The maximum Gasteiger partial charge on any atom is 0.0215 e. The highest BCUT2D eigenvalue weighted by Crippen LogP contribution is 2.54. The Kier molecular flexibility index (Phi) is 9.94. The summed E-state index contributed by atoms with van der Waals surface area (Å²) in [6.45, 7) is 6.89. The average molecular weight is 531 g/mol. The van der Waals surface area contributed by atoms with Crippen molar-refractivity contribution in [1.29, 1.82) is 0 Å². The van der Waals surface area contributed by atoms with Crippen molar-refractivity contribution in [3.63, 3.8) is 0 Å². The Morgan fingerprint density at radius 1 is 0.613 bits per heavy atom. The van der Waals surface area contributed by atoms with Crippen molar-refractivity contribution in [3.8, 4) is 11.1 Å². The molecule has 0 nitrogen and oxygen atoms in total. The van der Waals surface area contributed by atoms with Crippen molar-refractivity contribution in [1.82, 2.24) is 0 Å². The third kappa shape index (κ3) is 6.15. The molecule has 0 atom stereocenters. The maximum atomic E-state index is 2.52. The lowest BCUT2D eigenvalue weighted by Gasteiger charge is -2.33. The van der Waals surface area contributed by atoms with E-state index < -0.39 is 0 Å². The molecule has 0 saturated heterocycles. The van der Waals surface area contributed by atoms with Crippen molar-refractivity contribution in [2.45, 2.75) is 116 Å². The summed E-state index contributed by atoms with van der Waals surface area (Å²) in [7, 11) is 0. The van der Waals surface area contributed by atoms with Gasteiger partial charge in [0.15, 0.2) is 0 Å². The van der Waals surface area contributed by atoms with Gasteiger partial charge in [0.1, 0.15) is 0 Å². The van der Waals surface area contributed by atoms with Gasteiger partial charge in [-0.3, -0.25) is 0 Å². The molecule has 0 amide bonds. The normalized spacial score (nSPS) is 13.9. The topological polar surface area (TPSA) is 0 Å². The molecule has 0 radical (unpaired) electrons. The van der Waals surface area contributed by atoms with E-state index in [2.05, 4.69) is 79.8 Å². The first-order chi connectivity index (χ1) is 15.1. The molecular formula is C30H43I. The van der Waals surface area contributed by atoms with Crippen LogP contribution in [0.1, 0.15) is 120 Å². The van der Waals surface area contributed by atoms with Crippen LogP contribution in [0.2, 0.25) is 0 Å². The molecule has 170 valence electrons.